The minimum absolute atomic E-state index is 1.04. The van der Waals surface area contributed by atoms with Crippen LogP contribution in [0.4, 0.5) is 0 Å². The van der Waals surface area contributed by atoms with E-state index in [0.29, 0.717) is 0 Å². The molecule has 5 rings (SSSR count). The zero-order valence-electron chi connectivity index (χ0n) is 12.5. The van der Waals surface area contributed by atoms with Gasteiger partial charge in [0.25, 0.3) is 0 Å². The lowest BCUT2D eigenvalue weighted by Gasteiger charge is -2.21. The van der Waals surface area contributed by atoms with E-state index >= 15 is 0 Å². The lowest BCUT2D eigenvalue weighted by molar-refractivity contribution is 0.904. The van der Waals surface area contributed by atoms with Crippen LogP contribution < -0.4 is 0 Å². The van der Waals surface area contributed by atoms with Gasteiger partial charge in [0.1, 0.15) is 0 Å². The first kappa shape index (κ1) is 12.2. The molecule has 0 unspecified atom stereocenters. The second-order valence-electron chi connectivity index (χ2n) is 6.29. The highest BCUT2D eigenvalue weighted by molar-refractivity contribution is 5.90. The number of hydrogen-bond acceptors (Lipinski definition) is 1. The van der Waals surface area contributed by atoms with Crippen molar-refractivity contribution < 1.29 is 0 Å². The Bertz CT molecular complexity index is 934. The highest BCUT2D eigenvalue weighted by atomic mass is 14.7. The fourth-order valence-corrected chi connectivity index (χ4v) is 3.91. The van der Waals surface area contributed by atoms with Gasteiger partial charge in [-0.25, -0.2) is 0 Å². The molecule has 0 bridgehead atoms. The van der Waals surface area contributed by atoms with Gasteiger partial charge in [-0.3, -0.25) is 4.98 Å². The summed E-state index contributed by atoms with van der Waals surface area (Å²) >= 11 is 0. The highest BCUT2D eigenvalue weighted by Crippen LogP contribution is 2.36. The normalized spacial score (nSPS) is 15.3. The van der Waals surface area contributed by atoms with Gasteiger partial charge in [-0.05, 0) is 60.1 Å². The number of pyridine rings is 1. The van der Waals surface area contributed by atoms with Crippen molar-refractivity contribution in [2.24, 2.45) is 0 Å². The van der Waals surface area contributed by atoms with E-state index in [1.165, 1.54) is 38.9 Å². The number of aryl methyl sites for hydroxylation is 2. The van der Waals surface area contributed by atoms with E-state index in [0.717, 1.165) is 31.2 Å². The van der Waals surface area contributed by atoms with Gasteiger partial charge in [-0.15, -0.1) is 0 Å². The number of fused-ring (bicyclic) bond motifs is 6. The minimum atomic E-state index is 1.04. The molecule has 1 aromatic heterocycles. The molecule has 1 heterocycles. The molecule has 1 heteroatoms. The first-order valence-corrected chi connectivity index (χ1v) is 8.08. The summed E-state index contributed by atoms with van der Waals surface area (Å²) in [7, 11) is 0. The Morgan fingerprint density at radius 3 is 2.68 bits per heavy atom. The molecule has 0 N–H and O–H groups in total. The van der Waals surface area contributed by atoms with Crippen LogP contribution in [0.3, 0.4) is 0 Å². The summed E-state index contributed by atoms with van der Waals surface area (Å²) in [5, 5.41) is 1.34. The Morgan fingerprint density at radius 2 is 1.68 bits per heavy atom. The molecule has 22 heavy (non-hydrogen) atoms. The molecule has 0 aliphatic heterocycles. The lowest BCUT2D eigenvalue weighted by atomic mass is 9.86. The van der Waals surface area contributed by atoms with Crippen LogP contribution in [0.1, 0.15) is 22.4 Å². The van der Waals surface area contributed by atoms with E-state index in [1.54, 1.807) is 0 Å². The predicted molar refractivity (Wildman–Crippen MR) is 91.1 cm³/mol. The van der Waals surface area contributed by atoms with Gasteiger partial charge in [0.15, 0.2) is 0 Å². The number of allylic oxidation sites excluding steroid dienone is 2. The second-order valence-corrected chi connectivity index (χ2v) is 6.29. The van der Waals surface area contributed by atoms with Gasteiger partial charge >= 0.3 is 0 Å². The molecule has 0 fully saturated rings. The van der Waals surface area contributed by atoms with Crippen LogP contribution in [0.15, 0.2) is 54.6 Å². The highest BCUT2D eigenvalue weighted by Gasteiger charge is 2.19. The molecule has 2 aliphatic carbocycles. The van der Waals surface area contributed by atoms with E-state index in [2.05, 4.69) is 54.6 Å². The van der Waals surface area contributed by atoms with Crippen LogP contribution >= 0.6 is 0 Å². The molecule has 0 saturated heterocycles. The standard InChI is InChI=1S/C21H17N/c1-3-7-16-14(5-1)9-11-20-18(16)13-19-17-8-4-2-6-15(17)10-12-21(19)22-20/h1-5,7,10,12-13H,6,8-9,11H2. The summed E-state index contributed by atoms with van der Waals surface area (Å²) in [6.07, 6.45) is 8.81. The van der Waals surface area contributed by atoms with Crippen LogP contribution in [0, 0.1) is 0 Å². The summed E-state index contributed by atoms with van der Waals surface area (Å²) < 4.78 is 0. The minimum Gasteiger partial charge on any atom is -0.252 e. The first-order valence-electron chi connectivity index (χ1n) is 8.08. The number of nitrogens with zero attached hydrogens (tertiary/aromatic N) is 1. The maximum absolute atomic E-state index is 5.00. The molecule has 0 saturated carbocycles. The number of rotatable bonds is 0. The van der Waals surface area contributed by atoms with Crippen LogP contribution in [0.2, 0.25) is 0 Å². The van der Waals surface area contributed by atoms with E-state index < -0.39 is 0 Å². The third-order valence-corrected chi connectivity index (χ3v) is 5.05. The second kappa shape index (κ2) is 4.54. The summed E-state index contributed by atoms with van der Waals surface area (Å²) in [5.41, 5.74) is 9.53. The fourth-order valence-electron chi connectivity index (χ4n) is 3.91. The van der Waals surface area contributed by atoms with E-state index in [4.69, 9.17) is 4.98 Å². The Morgan fingerprint density at radius 1 is 0.773 bits per heavy atom. The Hall–Kier alpha value is -2.41. The Kier molecular flexibility index (Phi) is 2.51. The van der Waals surface area contributed by atoms with Crippen LogP contribution in [-0.4, -0.2) is 4.98 Å². The first-order chi connectivity index (χ1) is 10.9. The molecule has 0 atom stereocenters. The maximum atomic E-state index is 5.00. The third kappa shape index (κ3) is 1.69. The van der Waals surface area contributed by atoms with Gasteiger partial charge in [-0.2, -0.15) is 0 Å². The molecular formula is C21H17N. The number of benzene rings is 2. The summed E-state index contributed by atoms with van der Waals surface area (Å²) in [4.78, 5) is 5.00. The monoisotopic (exact) mass is 283 g/mol. The van der Waals surface area contributed by atoms with Crippen molar-refractivity contribution >= 4 is 10.9 Å². The molecule has 2 aliphatic rings. The van der Waals surface area contributed by atoms with E-state index in [-0.39, 0.29) is 0 Å². The largest absolute Gasteiger partial charge is 0.252 e. The van der Waals surface area contributed by atoms with Gasteiger partial charge in [0, 0.05) is 16.6 Å². The quantitative estimate of drug-likeness (QED) is 0.547. The fraction of sp³-hybridized carbons (Fsp3) is 0.190. The zero-order valence-corrected chi connectivity index (χ0v) is 12.5. The molecule has 0 spiro atoms. The van der Waals surface area contributed by atoms with Crippen molar-refractivity contribution in [3.63, 3.8) is 0 Å². The van der Waals surface area contributed by atoms with Gasteiger partial charge < -0.3 is 0 Å². The summed E-state index contributed by atoms with van der Waals surface area (Å²) in [5.74, 6) is 0. The van der Waals surface area contributed by atoms with Crippen molar-refractivity contribution in [3.8, 4) is 11.1 Å². The Balaban J connectivity index is 1.83. The SMILES string of the molecule is C1=CCc2c(ccc3nc4c(cc23)-c2ccccc2CC4)C1. The van der Waals surface area contributed by atoms with E-state index in [9.17, 15) is 0 Å². The van der Waals surface area contributed by atoms with Crippen LogP contribution in [-0.2, 0) is 25.7 Å². The van der Waals surface area contributed by atoms with Crippen LogP contribution in [0.5, 0.6) is 0 Å². The van der Waals surface area contributed by atoms with Crippen molar-refractivity contribution in [1.29, 1.82) is 0 Å². The van der Waals surface area contributed by atoms with Crippen LogP contribution in [0.25, 0.3) is 22.0 Å². The van der Waals surface area contributed by atoms with Crippen molar-refractivity contribution in [3.05, 3.63) is 77.0 Å². The number of hydrogen-bond donors (Lipinski definition) is 0. The van der Waals surface area contributed by atoms with Crippen molar-refractivity contribution in [2.45, 2.75) is 25.7 Å². The lowest BCUT2D eigenvalue weighted by Crippen LogP contribution is -2.07. The summed E-state index contributed by atoms with van der Waals surface area (Å²) in [6.45, 7) is 0. The molecule has 3 aromatic rings. The zero-order chi connectivity index (χ0) is 14.5. The van der Waals surface area contributed by atoms with E-state index in [1.807, 2.05) is 0 Å². The topological polar surface area (TPSA) is 12.9 Å². The third-order valence-electron chi connectivity index (χ3n) is 5.05. The molecular weight excluding hydrogens is 266 g/mol. The summed E-state index contributed by atoms with van der Waals surface area (Å²) in [6, 6.07) is 15.6. The molecule has 0 amide bonds. The average molecular weight is 283 g/mol. The Labute approximate surface area is 130 Å². The van der Waals surface area contributed by atoms with Gasteiger partial charge in [0.2, 0.25) is 0 Å². The molecule has 2 aromatic carbocycles. The van der Waals surface area contributed by atoms with Crippen molar-refractivity contribution in [1.82, 2.24) is 4.98 Å². The maximum Gasteiger partial charge on any atom is 0.0708 e. The smallest absolute Gasteiger partial charge is 0.0708 e. The van der Waals surface area contributed by atoms with Gasteiger partial charge in [0.05, 0.1) is 5.52 Å². The molecule has 106 valence electrons. The van der Waals surface area contributed by atoms with Crippen molar-refractivity contribution in [2.75, 3.05) is 0 Å². The predicted octanol–water partition coefficient (Wildman–Crippen LogP) is 4.66. The number of aromatic nitrogens is 1. The average Bonchev–Trinajstić information content (AvgIpc) is 2.60. The molecule has 1 nitrogen and oxygen atoms in total. The molecule has 0 radical (unpaired) electrons. The van der Waals surface area contributed by atoms with Gasteiger partial charge in [-0.1, -0.05) is 42.5 Å².